The third-order valence-corrected chi connectivity index (χ3v) is 2.43. The Morgan fingerprint density at radius 2 is 2.25 bits per heavy atom. The number of halogens is 3. The van der Waals surface area contributed by atoms with E-state index < -0.39 is 17.4 Å². The Morgan fingerprint density at radius 1 is 1.67 bits per heavy atom. The first-order valence-corrected chi connectivity index (χ1v) is 4.17. The number of carbonyl (C=O) groups excluding carboxylic acids is 1. The van der Waals surface area contributed by atoms with Gasteiger partial charge in [0.05, 0.1) is 5.01 Å². The van der Waals surface area contributed by atoms with Crippen molar-refractivity contribution in [2.45, 2.75) is 13.3 Å². The highest BCUT2D eigenvalue weighted by molar-refractivity contribution is 7.15. The summed E-state index contributed by atoms with van der Waals surface area (Å²) in [5.41, 5.74) is -0.516. The second-order valence-corrected chi connectivity index (χ2v) is 3.57. The minimum atomic E-state index is -2.74. The predicted molar refractivity (Wildman–Crippen MR) is 42.0 cm³/mol. The van der Waals surface area contributed by atoms with Crippen LogP contribution in [-0.4, -0.2) is 10.2 Å². The molecule has 0 aromatic carbocycles. The van der Waals surface area contributed by atoms with Gasteiger partial charge in [0, 0.05) is 0 Å². The number of carbonyl (C=O) groups is 1. The van der Waals surface area contributed by atoms with Crippen molar-refractivity contribution in [1.82, 2.24) is 4.98 Å². The van der Waals surface area contributed by atoms with Crippen molar-refractivity contribution in [3.8, 4) is 0 Å². The number of thiazole rings is 1. The molecule has 0 bridgehead atoms. The van der Waals surface area contributed by atoms with Crippen LogP contribution in [0.2, 0.25) is 0 Å². The number of aromatic nitrogens is 1. The van der Waals surface area contributed by atoms with Crippen molar-refractivity contribution in [1.29, 1.82) is 0 Å². The summed E-state index contributed by atoms with van der Waals surface area (Å²) in [5.74, 6) is 0. The smallest absolute Gasteiger partial charge is 0.275 e. The van der Waals surface area contributed by atoms with Gasteiger partial charge in [0.2, 0.25) is 0 Å². The fourth-order valence-corrected chi connectivity index (χ4v) is 1.70. The zero-order valence-electron chi connectivity index (χ0n) is 5.97. The molecule has 0 atom stereocenters. The lowest BCUT2D eigenvalue weighted by atomic mass is 10.4. The van der Waals surface area contributed by atoms with Crippen molar-refractivity contribution in [2.24, 2.45) is 0 Å². The molecule has 0 fully saturated rings. The molecule has 0 N–H and O–H groups in total. The van der Waals surface area contributed by atoms with E-state index in [2.05, 4.69) is 4.98 Å². The minimum Gasteiger partial charge on any atom is -0.275 e. The highest BCUT2D eigenvalue weighted by Crippen LogP contribution is 2.28. The van der Waals surface area contributed by atoms with Crippen LogP contribution in [-0.2, 0) is 0 Å². The molecule has 66 valence electrons. The maximum atomic E-state index is 12.1. The zero-order chi connectivity index (χ0) is 9.30. The van der Waals surface area contributed by atoms with Crippen LogP contribution in [0, 0.1) is 6.92 Å². The first-order valence-electron chi connectivity index (χ1n) is 2.97. The average molecular weight is 212 g/mol. The van der Waals surface area contributed by atoms with E-state index in [1.807, 2.05) is 0 Å². The van der Waals surface area contributed by atoms with E-state index >= 15 is 0 Å². The molecule has 0 saturated heterocycles. The molecular weight excluding hydrogens is 208 g/mol. The molecule has 1 aromatic rings. The van der Waals surface area contributed by atoms with Crippen LogP contribution in [0.5, 0.6) is 0 Å². The fourth-order valence-electron chi connectivity index (χ4n) is 0.732. The Kier molecular flexibility index (Phi) is 2.74. The molecule has 0 aliphatic heterocycles. The number of alkyl halides is 2. The van der Waals surface area contributed by atoms with E-state index in [9.17, 15) is 13.6 Å². The van der Waals surface area contributed by atoms with Crippen LogP contribution in [0.25, 0.3) is 0 Å². The van der Waals surface area contributed by atoms with Gasteiger partial charge >= 0.3 is 0 Å². The largest absolute Gasteiger partial charge is 0.281 e. The quantitative estimate of drug-likeness (QED) is 0.704. The molecular formula is C6H4ClF2NOS. The maximum Gasteiger partial charge on any atom is 0.281 e. The van der Waals surface area contributed by atoms with Gasteiger partial charge in [0.25, 0.3) is 11.7 Å². The maximum absolute atomic E-state index is 12.1. The Bertz CT molecular complexity index is 312. The standard InChI is InChI=1S/C6H4ClF2NOS/c1-2-10-3(6(8)9)4(12-2)5(7)11/h6H,1H3. The monoisotopic (exact) mass is 211 g/mol. The van der Waals surface area contributed by atoms with Crippen molar-refractivity contribution >= 4 is 28.2 Å². The van der Waals surface area contributed by atoms with Crippen LogP contribution in [0.4, 0.5) is 8.78 Å². The van der Waals surface area contributed by atoms with Gasteiger partial charge in [0.15, 0.2) is 0 Å². The molecule has 2 nitrogen and oxygen atoms in total. The molecule has 1 heterocycles. The number of aryl methyl sites for hydroxylation is 1. The third kappa shape index (κ3) is 1.78. The van der Waals surface area contributed by atoms with Crippen molar-refractivity contribution < 1.29 is 13.6 Å². The summed E-state index contributed by atoms with van der Waals surface area (Å²) in [6.45, 7) is 1.54. The highest BCUT2D eigenvalue weighted by atomic mass is 35.5. The molecule has 0 aliphatic carbocycles. The zero-order valence-corrected chi connectivity index (χ0v) is 7.55. The number of rotatable bonds is 2. The van der Waals surface area contributed by atoms with Crippen LogP contribution in [0.15, 0.2) is 0 Å². The molecule has 1 rings (SSSR count). The summed E-state index contributed by atoms with van der Waals surface area (Å²) in [7, 11) is 0. The average Bonchev–Trinajstić information content (AvgIpc) is 2.31. The van der Waals surface area contributed by atoms with Gasteiger partial charge in [-0.05, 0) is 18.5 Å². The summed E-state index contributed by atoms with van der Waals surface area (Å²) in [6, 6.07) is 0. The SMILES string of the molecule is Cc1nc(C(F)F)c(C(=O)Cl)s1. The highest BCUT2D eigenvalue weighted by Gasteiger charge is 2.21. The first kappa shape index (κ1) is 9.54. The Hall–Kier alpha value is -0.550. The van der Waals surface area contributed by atoms with Gasteiger partial charge < -0.3 is 0 Å². The van der Waals surface area contributed by atoms with Gasteiger partial charge in [-0.25, -0.2) is 13.8 Å². The van der Waals surface area contributed by atoms with E-state index in [1.165, 1.54) is 0 Å². The van der Waals surface area contributed by atoms with Crippen molar-refractivity contribution in [2.75, 3.05) is 0 Å². The molecule has 0 amide bonds. The first-order chi connectivity index (χ1) is 5.52. The Balaban J connectivity index is 3.17. The normalized spacial score (nSPS) is 10.8. The molecule has 0 saturated carbocycles. The second kappa shape index (κ2) is 3.45. The topological polar surface area (TPSA) is 30.0 Å². The predicted octanol–water partition coefficient (Wildman–Crippen LogP) is 2.77. The second-order valence-electron chi connectivity index (χ2n) is 2.02. The lowest BCUT2D eigenvalue weighted by molar-refractivity contribution is 0.106. The Morgan fingerprint density at radius 3 is 2.58 bits per heavy atom. The number of hydrogen-bond acceptors (Lipinski definition) is 3. The lowest BCUT2D eigenvalue weighted by Gasteiger charge is -1.93. The van der Waals surface area contributed by atoms with E-state index in [0.717, 1.165) is 11.3 Å². The van der Waals surface area contributed by atoms with Crippen LogP contribution >= 0.6 is 22.9 Å². The summed E-state index contributed by atoms with van der Waals surface area (Å²) in [4.78, 5) is 13.9. The Labute approximate surface area is 76.2 Å². The van der Waals surface area contributed by atoms with E-state index in [1.54, 1.807) is 6.92 Å². The molecule has 12 heavy (non-hydrogen) atoms. The van der Waals surface area contributed by atoms with Crippen LogP contribution in [0.3, 0.4) is 0 Å². The summed E-state index contributed by atoms with van der Waals surface area (Å²) < 4.78 is 24.3. The van der Waals surface area contributed by atoms with Crippen LogP contribution in [0.1, 0.15) is 26.8 Å². The molecule has 0 aliphatic rings. The fraction of sp³-hybridized carbons (Fsp3) is 0.333. The summed E-state index contributed by atoms with van der Waals surface area (Å²) in [5, 5.41) is -0.467. The number of nitrogens with zero attached hydrogens (tertiary/aromatic N) is 1. The van der Waals surface area contributed by atoms with Gasteiger partial charge in [0.1, 0.15) is 10.6 Å². The number of hydrogen-bond donors (Lipinski definition) is 0. The van der Waals surface area contributed by atoms with Gasteiger partial charge in [-0.1, -0.05) is 0 Å². The van der Waals surface area contributed by atoms with Gasteiger partial charge in [-0.2, -0.15) is 0 Å². The van der Waals surface area contributed by atoms with Crippen molar-refractivity contribution in [3.63, 3.8) is 0 Å². The lowest BCUT2D eigenvalue weighted by Crippen LogP contribution is -1.93. The molecule has 0 unspecified atom stereocenters. The van der Waals surface area contributed by atoms with E-state index in [-0.39, 0.29) is 4.88 Å². The van der Waals surface area contributed by atoms with E-state index in [0.29, 0.717) is 5.01 Å². The minimum absolute atomic E-state index is 0.163. The summed E-state index contributed by atoms with van der Waals surface area (Å²) >= 11 is 5.94. The molecule has 6 heteroatoms. The van der Waals surface area contributed by atoms with Crippen molar-refractivity contribution in [3.05, 3.63) is 15.6 Å². The summed E-state index contributed by atoms with van der Waals surface area (Å²) in [6.07, 6.45) is -2.74. The van der Waals surface area contributed by atoms with Gasteiger partial charge in [-0.3, -0.25) is 4.79 Å². The molecule has 0 spiro atoms. The third-order valence-electron chi connectivity index (χ3n) is 1.15. The molecule has 1 aromatic heterocycles. The molecule has 0 radical (unpaired) electrons. The van der Waals surface area contributed by atoms with Crippen LogP contribution < -0.4 is 0 Å². The van der Waals surface area contributed by atoms with Gasteiger partial charge in [-0.15, -0.1) is 11.3 Å². The van der Waals surface area contributed by atoms with E-state index in [4.69, 9.17) is 11.6 Å².